The fraction of sp³-hybridized carbons (Fsp3) is 0.440. The Kier molecular flexibility index (Phi) is 6.65. The third-order valence-corrected chi connectivity index (χ3v) is 6.58. The van der Waals surface area contributed by atoms with Crippen LogP contribution in [0.15, 0.2) is 47.5 Å². The minimum Gasteiger partial charge on any atom is -0.376 e. The van der Waals surface area contributed by atoms with Crippen LogP contribution < -0.4 is 5.56 Å². The molecular formula is C25H29N5O5. The molecule has 0 aliphatic carbocycles. The van der Waals surface area contributed by atoms with Gasteiger partial charge in [-0.1, -0.05) is 18.2 Å². The highest BCUT2D eigenvalue weighted by Crippen LogP contribution is 2.25. The minimum absolute atomic E-state index is 0.0275. The average molecular weight is 480 g/mol. The Morgan fingerprint density at radius 2 is 1.83 bits per heavy atom. The van der Waals surface area contributed by atoms with E-state index in [1.807, 2.05) is 34.9 Å². The molecule has 0 N–H and O–H groups in total. The summed E-state index contributed by atoms with van der Waals surface area (Å²) in [6.45, 7) is 2.99. The number of fused-ring (bicyclic) bond motifs is 1. The highest BCUT2D eigenvalue weighted by molar-refractivity contribution is 6.00. The van der Waals surface area contributed by atoms with E-state index in [-0.39, 0.29) is 30.1 Å². The third-order valence-electron chi connectivity index (χ3n) is 6.58. The number of hydrogen-bond donors (Lipinski definition) is 0. The molecule has 10 heteroatoms. The van der Waals surface area contributed by atoms with E-state index in [1.165, 1.54) is 11.8 Å². The molecule has 0 unspecified atom stereocenters. The van der Waals surface area contributed by atoms with E-state index in [0.29, 0.717) is 55.2 Å². The van der Waals surface area contributed by atoms with Crippen LogP contribution in [0.3, 0.4) is 0 Å². The number of ether oxygens (including phenoxy) is 2. The molecule has 35 heavy (non-hydrogen) atoms. The highest BCUT2D eigenvalue weighted by Gasteiger charge is 2.30. The number of methoxy groups -OCH3 is 1. The standard InChI is InChI=1S/C25H29N5O5/c1-34-17-22(31)28-9-11-29(12-10-28)24(32)20-15-27(14-19-8-5-13-35-19)16-21-23(20)26-30(25(21)33)18-6-3-2-4-7-18/h2-4,6-7,15-16,19H,5,8-14,17H2,1H3/t19-/m1/s1. The number of benzene rings is 1. The summed E-state index contributed by atoms with van der Waals surface area (Å²) in [5, 5.41) is 4.57. The summed E-state index contributed by atoms with van der Waals surface area (Å²) < 4.78 is 13.9. The van der Waals surface area contributed by atoms with E-state index >= 15 is 0 Å². The molecule has 0 radical (unpaired) electrons. The van der Waals surface area contributed by atoms with Crippen LogP contribution in [0.5, 0.6) is 0 Å². The van der Waals surface area contributed by atoms with E-state index in [0.717, 1.165) is 19.4 Å². The Balaban J connectivity index is 1.48. The van der Waals surface area contributed by atoms with Gasteiger partial charge in [-0.05, 0) is 25.0 Å². The Bertz CT molecular complexity index is 1220. The second-order valence-corrected chi connectivity index (χ2v) is 8.92. The molecule has 1 aromatic carbocycles. The zero-order chi connectivity index (χ0) is 24.4. The monoisotopic (exact) mass is 479 g/mol. The zero-order valence-electron chi connectivity index (χ0n) is 19.8. The SMILES string of the molecule is COCC(=O)N1CCN(C(=O)c2cn(C[C@H]3CCCO3)cc3c(=O)n(-c4ccccc4)nc2-3)CC1. The first-order chi connectivity index (χ1) is 17.0. The predicted molar refractivity (Wildman–Crippen MR) is 128 cm³/mol. The summed E-state index contributed by atoms with van der Waals surface area (Å²) in [5.41, 5.74) is 1.53. The van der Waals surface area contributed by atoms with Crippen molar-refractivity contribution in [2.24, 2.45) is 0 Å². The van der Waals surface area contributed by atoms with Crippen molar-refractivity contribution < 1.29 is 19.1 Å². The molecule has 2 fully saturated rings. The third kappa shape index (κ3) is 4.71. The molecule has 4 heterocycles. The largest absolute Gasteiger partial charge is 0.376 e. The van der Waals surface area contributed by atoms with Crippen LogP contribution in [0, 0.1) is 0 Å². The molecule has 2 amide bonds. The van der Waals surface area contributed by atoms with Crippen molar-refractivity contribution in [2.45, 2.75) is 25.5 Å². The van der Waals surface area contributed by atoms with Crippen molar-refractivity contribution in [3.63, 3.8) is 0 Å². The molecule has 0 bridgehead atoms. The van der Waals surface area contributed by atoms with Gasteiger partial charge in [-0.15, -0.1) is 0 Å². The Morgan fingerprint density at radius 1 is 1.09 bits per heavy atom. The fourth-order valence-corrected chi connectivity index (χ4v) is 4.73. The van der Waals surface area contributed by atoms with E-state index in [2.05, 4.69) is 5.10 Å². The first-order valence-electron chi connectivity index (χ1n) is 11.9. The lowest BCUT2D eigenvalue weighted by molar-refractivity contribution is -0.136. The van der Waals surface area contributed by atoms with Crippen LogP contribution in [-0.4, -0.2) is 88.6 Å². The van der Waals surface area contributed by atoms with Crippen LogP contribution in [0.25, 0.3) is 16.9 Å². The summed E-state index contributed by atoms with van der Waals surface area (Å²) in [5.74, 6) is -0.290. The van der Waals surface area contributed by atoms with Crippen molar-refractivity contribution >= 4 is 11.8 Å². The number of piperazine rings is 1. The number of para-hydroxylation sites is 1. The topological polar surface area (TPSA) is 98.9 Å². The Labute approximate surface area is 203 Å². The van der Waals surface area contributed by atoms with E-state index < -0.39 is 0 Å². The molecule has 1 atom stereocenters. The minimum atomic E-state index is -0.267. The van der Waals surface area contributed by atoms with Crippen LogP contribution in [0.4, 0.5) is 0 Å². The summed E-state index contributed by atoms with van der Waals surface area (Å²) in [4.78, 5) is 42.5. The zero-order valence-corrected chi connectivity index (χ0v) is 19.8. The number of hydrogen-bond acceptors (Lipinski definition) is 6. The van der Waals surface area contributed by atoms with Gasteiger partial charge < -0.3 is 23.8 Å². The van der Waals surface area contributed by atoms with Gasteiger partial charge in [0.15, 0.2) is 0 Å². The van der Waals surface area contributed by atoms with Crippen molar-refractivity contribution in [3.05, 3.63) is 58.6 Å². The molecule has 4 aliphatic heterocycles. The van der Waals surface area contributed by atoms with Gasteiger partial charge in [0.2, 0.25) is 5.91 Å². The molecule has 184 valence electrons. The normalized spacial score (nSPS) is 18.4. The second kappa shape index (κ2) is 10.0. The van der Waals surface area contributed by atoms with Crippen LogP contribution in [0.2, 0.25) is 0 Å². The number of amides is 2. The molecule has 5 rings (SSSR count). The van der Waals surface area contributed by atoms with E-state index in [9.17, 15) is 14.4 Å². The van der Waals surface area contributed by atoms with Crippen LogP contribution in [0.1, 0.15) is 23.2 Å². The van der Waals surface area contributed by atoms with Crippen molar-refractivity contribution in [3.8, 4) is 16.9 Å². The smallest absolute Gasteiger partial charge is 0.282 e. The van der Waals surface area contributed by atoms with Crippen molar-refractivity contribution in [2.75, 3.05) is 46.5 Å². The number of rotatable bonds is 6. The maximum atomic E-state index is 13.7. The Morgan fingerprint density at radius 3 is 2.51 bits per heavy atom. The molecule has 1 aromatic rings. The molecule has 0 spiro atoms. The highest BCUT2D eigenvalue weighted by atomic mass is 16.5. The maximum absolute atomic E-state index is 13.7. The average Bonchev–Trinajstić information content (AvgIpc) is 3.52. The van der Waals surface area contributed by atoms with Gasteiger partial charge >= 0.3 is 0 Å². The lowest BCUT2D eigenvalue weighted by atomic mass is 10.1. The summed E-state index contributed by atoms with van der Waals surface area (Å²) >= 11 is 0. The van der Waals surface area contributed by atoms with Gasteiger partial charge in [0, 0.05) is 58.8 Å². The fourth-order valence-electron chi connectivity index (χ4n) is 4.73. The van der Waals surface area contributed by atoms with Gasteiger partial charge in [0.05, 0.1) is 22.9 Å². The summed E-state index contributed by atoms with van der Waals surface area (Å²) in [6, 6.07) is 9.18. The molecule has 10 nitrogen and oxygen atoms in total. The molecule has 0 aromatic heterocycles. The lowest BCUT2D eigenvalue weighted by Gasteiger charge is -2.35. The molecule has 4 aliphatic rings. The quantitative estimate of drug-likeness (QED) is 0.528. The molecule has 0 saturated carbocycles. The first-order valence-corrected chi connectivity index (χ1v) is 11.9. The summed E-state index contributed by atoms with van der Waals surface area (Å²) in [6.07, 6.45) is 5.54. The van der Waals surface area contributed by atoms with Gasteiger partial charge in [0.25, 0.3) is 11.5 Å². The number of nitrogens with zero attached hydrogens (tertiary/aromatic N) is 5. The Hall–Kier alpha value is -3.50. The van der Waals surface area contributed by atoms with Gasteiger partial charge in [-0.25, -0.2) is 0 Å². The number of aromatic nitrogens is 3. The van der Waals surface area contributed by atoms with Crippen LogP contribution >= 0.6 is 0 Å². The predicted octanol–water partition coefficient (Wildman–Crippen LogP) is 1.25. The number of pyridine rings is 1. The summed E-state index contributed by atoms with van der Waals surface area (Å²) in [7, 11) is 1.49. The van der Waals surface area contributed by atoms with E-state index in [4.69, 9.17) is 9.47 Å². The lowest BCUT2D eigenvalue weighted by Crippen LogP contribution is -2.51. The van der Waals surface area contributed by atoms with Gasteiger partial charge in [-0.2, -0.15) is 9.78 Å². The molecular weight excluding hydrogens is 450 g/mol. The number of carbonyl (C=O) groups is 2. The molecule has 2 saturated heterocycles. The van der Waals surface area contributed by atoms with Gasteiger partial charge in [0.1, 0.15) is 12.3 Å². The van der Waals surface area contributed by atoms with Gasteiger partial charge in [-0.3, -0.25) is 14.4 Å². The van der Waals surface area contributed by atoms with E-state index in [1.54, 1.807) is 22.2 Å². The van der Waals surface area contributed by atoms with Crippen molar-refractivity contribution in [1.29, 1.82) is 0 Å². The van der Waals surface area contributed by atoms with Crippen LogP contribution in [-0.2, 0) is 20.8 Å². The van der Waals surface area contributed by atoms with Crippen molar-refractivity contribution in [1.82, 2.24) is 24.1 Å². The number of carbonyl (C=O) groups excluding carboxylic acids is 2. The first kappa shape index (κ1) is 23.3. The maximum Gasteiger partial charge on any atom is 0.282 e. The second-order valence-electron chi connectivity index (χ2n) is 8.92.